The van der Waals surface area contributed by atoms with E-state index in [1.54, 1.807) is 6.92 Å². The van der Waals surface area contributed by atoms with Crippen LogP contribution in [-0.4, -0.2) is 17.6 Å². The molecule has 0 aliphatic heterocycles. The summed E-state index contributed by atoms with van der Waals surface area (Å²) in [6.07, 6.45) is 1.29. The number of nitrogens with one attached hydrogen (secondary N) is 1. The lowest BCUT2D eigenvalue weighted by molar-refractivity contribution is 0.0527. The first-order valence-corrected chi connectivity index (χ1v) is 6.16. The van der Waals surface area contributed by atoms with E-state index in [4.69, 9.17) is 10.5 Å². The third-order valence-corrected chi connectivity index (χ3v) is 2.62. The number of nitrogens with zero attached hydrogens (tertiary/aromatic N) is 1. The number of rotatable bonds is 4. The maximum absolute atomic E-state index is 13.1. The Bertz CT molecular complexity index is 677. The molecule has 1 heterocycles. The predicted octanol–water partition coefficient (Wildman–Crippen LogP) is 2.86. The second-order valence-corrected chi connectivity index (χ2v) is 4.13. The topological polar surface area (TPSA) is 77.2 Å². The Morgan fingerprint density at radius 1 is 1.33 bits per heavy atom. The summed E-state index contributed by atoms with van der Waals surface area (Å²) in [6.45, 7) is 1.89. The molecule has 21 heavy (non-hydrogen) atoms. The second kappa shape index (κ2) is 6.17. The Morgan fingerprint density at radius 3 is 2.76 bits per heavy atom. The van der Waals surface area contributed by atoms with Crippen LogP contribution in [0.15, 0.2) is 30.5 Å². The van der Waals surface area contributed by atoms with E-state index in [0.717, 1.165) is 12.1 Å². The number of anilines is 3. The Labute approximate surface area is 119 Å². The normalized spacial score (nSPS) is 10.2. The van der Waals surface area contributed by atoms with Crippen LogP contribution < -0.4 is 11.1 Å². The molecule has 0 saturated carbocycles. The van der Waals surface area contributed by atoms with Crippen LogP contribution in [0.3, 0.4) is 0 Å². The molecule has 0 unspecified atom stereocenters. The molecule has 0 bridgehead atoms. The fraction of sp³-hybridized carbons (Fsp3) is 0.143. The molecule has 0 aliphatic carbocycles. The SMILES string of the molecule is CCOC(=O)c1cc(Nc2ccc(F)c(F)c2)ncc1N. The summed E-state index contributed by atoms with van der Waals surface area (Å²) in [4.78, 5) is 15.7. The van der Waals surface area contributed by atoms with Crippen molar-refractivity contribution in [1.82, 2.24) is 4.98 Å². The highest BCUT2D eigenvalue weighted by Gasteiger charge is 2.13. The highest BCUT2D eigenvalue weighted by molar-refractivity contribution is 5.95. The van der Waals surface area contributed by atoms with Crippen molar-refractivity contribution in [3.63, 3.8) is 0 Å². The lowest BCUT2D eigenvalue weighted by Gasteiger charge is -2.09. The average Bonchev–Trinajstić information content (AvgIpc) is 2.45. The van der Waals surface area contributed by atoms with Crippen LogP contribution in [0.5, 0.6) is 0 Å². The highest BCUT2D eigenvalue weighted by atomic mass is 19.2. The molecule has 0 fully saturated rings. The maximum atomic E-state index is 13.1. The number of carbonyl (C=O) groups excluding carboxylic acids is 1. The molecule has 0 spiro atoms. The van der Waals surface area contributed by atoms with Gasteiger partial charge in [0.15, 0.2) is 11.6 Å². The molecular formula is C14H13F2N3O2. The molecule has 0 saturated heterocycles. The molecule has 0 aliphatic rings. The first-order valence-electron chi connectivity index (χ1n) is 6.16. The van der Waals surface area contributed by atoms with Crippen LogP contribution in [0, 0.1) is 11.6 Å². The number of halogens is 2. The van der Waals surface area contributed by atoms with Gasteiger partial charge in [0.2, 0.25) is 0 Å². The van der Waals surface area contributed by atoms with Gasteiger partial charge < -0.3 is 15.8 Å². The van der Waals surface area contributed by atoms with Gasteiger partial charge in [-0.2, -0.15) is 0 Å². The minimum Gasteiger partial charge on any atom is -0.462 e. The number of aromatic nitrogens is 1. The van der Waals surface area contributed by atoms with Gasteiger partial charge in [0.05, 0.1) is 24.1 Å². The van der Waals surface area contributed by atoms with Gasteiger partial charge in [-0.05, 0) is 25.1 Å². The second-order valence-electron chi connectivity index (χ2n) is 4.13. The Hall–Kier alpha value is -2.70. The number of pyridine rings is 1. The van der Waals surface area contributed by atoms with Gasteiger partial charge in [0, 0.05) is 11.8 Å². The molecule has 1 aromatic carbocycles. The maximum Gasteiger partial charge on any atom is 0.340 e. The predicted molar refractivity (Wildman–Crippen MR) is 74.2 cm³/mol. The van der Waals surface area contributed by atoms with Crippen LogP contribution in [-0.2, 0) is 4.74 Å². The molecule has 0 radical (unpaired) electrons. The van der Waals surface area contributed by atoms with Crippen LogP contribution in [0.1, 0.15) is 17.3 Å². The number of benzene rings is 1. The van der Waals surface area contributed by atoms with E-state index < -0.39 is 17.6 Å². The minimum absolute atomic E-state index is 0.150. The van der Waals surface area contributed by atoms with E-state index in [1.807, 2.05) is 0 Å². The van der Waals surface area contributed by atoms with E-state index in [-0.39, 0.29) is 23.7 Å². The summed E-state index contributed by atoms with van der Waals surface area (Å²) in [5, 5.41) is 2.76. The number of hydrogen-bond donors (Lipinski definition) is 2. The third-order valence-electron chi connectivity index (χ3n) is 2.62. The zero-order chi connectivity index (χ0) is 15.4. The van der Waals surface area contributed by atoms with Crippen molar-refractivity contribution in [3.05, 3.63) is 47.7 Å². The molecular weight excluding hydrogens is 280 g/mol. The van der Waals surface area contributed by atoms with E-state index in [1.165, 1.54) is 18.3 Å². The number of ether oxygens (including phenoxy) is 1. The van der Waals surface area contributed by atoms with E-state index in [9.17, 15) is 13.6 Å². The zero-order valence-corrected chi connectivity index (χ0v) is 11.2. The Balaban J connectivity index is 2.26. The van der Waals surface area contributed by atoms with Crippen molar-refractivity contribution in [2.45, 2.75) is 6.92 Å². The highest BCUT2D eigenvalue weighted by Crippen LogP contribution is 2.21. The minimum atomic E-state index is -0.985. The van der Waals surface area contributed by atoms with Crippen molar-refractivity contribution in [2.24, 2.45) is 0 Å². The summed E-state index contributed by atoms with van der Waals surface area (Å²) in [5.41, 5.74) is 6.27. The van der Waals surface area contributed by atoms with Gasteiger partial charge in [-0.25, -0.2) is 18.6 Å². The molecule has 5 nitrogen and oxygen atoms in total. The molecule has 3 N–H and O–H groups in total. The van der Waals surface area contributed by atoms with Crippen molar-refractivity contribution in [3.8, 4) is 0 Å². The fourth-order valence-corrected chi connectivity index (χ4v) is 1.64. The van der Waals surface area contributed by atoms with Gasteiger partial charge in [0.25, 0.3) is 0 Å². The van der Waals surface area contributed by atoms with Gasteiger partial charge >= 0.3 is 5.97 Å². The smallest absolute Gasteiger partial charge is 0.340 e. The van der Waals surface area contributed by atoms with Gasteiger partial charge in [-0.15, -0.1) is 0 Å². The first-order chi connectivity index (χ1) is 10.0. The van der Waals surface area contributed by atoms with Crippen molar-refractivity contribution in [1.29, 1.82) is 0 Å². The van der Waals surface area contributed by atoms with E-state index >= 15 is 0 Å². The number of nitrogen functional groups attached to an aromatic ring is 1. The van der Waals surface area contributed by atoms with Crippen LogP contribution in [0.25, 0.3) is 0 Å². The van der Waals surface area contributed by atoms with Crippen LogP contribution in [0.2, 0.25) is 0 Å². The number of hydrogen-bond acceptors (Lipinski definition) is 5. The van der Waals surface area contributed by atoms with Crippen molar-refractivity contribution in [2.75, 3.05) is 17.7 Å². The third kappa shape index (κ3) is 3.44. The van der Waals surface area contributed by atoms with Crippen LogP contribution in [0.4, 0.5) is 26.0 Å². The van der Waals surface area contributed by atoms with Crippen LogP contribution >= 0.6 is 0 Å². The van der Waals surface area contributed by atoms with Gasteiger partial charge in [-0.1, -0.05) is 0 Å². The van der Waals surface area contributed by atoms with Gasteiger partial charge in [-0.3, -0.25) is 0 Å². The van der Waals surface area contributed by atoms with E-state index in [0.29, 0.717) is 5.69 Å². The van der Waals surface area contributed by atoms with Crippen molar-refractivity contribution >= 4 is 23.2 Å². The molecule has 0 amide bonds. The standard InChI is InChI=1S/C14H13F2N3O2/c1-2-21-14(20)9-6-13(18-7-12(9)17)19-8-3-4-10(15)11(16)5-8/h3-7H,2,17H2,1H3,(H,18,19). The quantitative estimate of drug-likeness (QED) is 0.848. The summed E-state index contributed by atoms with van der Waals surface area (Å²) in [6, 6.07) is 4.70. The van der Waals surface area contributed by atoms with E-state index in [2.05, 4.69) is 10.3 Å². The number of carbonyl (C=O) groups is 1. The summed E-state index contributed by atoms with van der Waals surface area (Å²) < 4.78 is 30.8. The summed E-state index contributed by atoms with van der Waals surface area (Å²) in [7, 11) is 0. The molecule has 0 atom stereocenters. The monoisotopic (exact) mass is 293 g/mol. The molecule has 2 rings (SSSR count). The first kappa shape index (κ1) is 14.7. The molecule has 7 heteroatoms. The average molecular weight is 293 g/mol. The molecule has 1 aromatic heterocycles. The fourth-order valence-electron chi connectivity index (χ4n) is 1.64. The lowest BCUT2D eigenvalue weighted by Crippen LogP contribution is -2.09. The zero-order valence-electron chi connectivity index (χ0n) is 11.2. The van der Waals surface area contributed by atoms with Gasteiger partial charge in [0.1, 0.15) is 5.82 Å². The summed E-state index contributed by atoms with van der Waals surface area (Å²) in [5.74, 6) is -2.25. The van der Waals surface area contributed by atoms with Crippen molar-refractivity contribution < 1.29 is 18.3 Å². The lowest BCUT2D eigenvalue weighted by atomic mass is 10.2. The molecule has 110 valence electrons. The number of esters is 1. The molecule has 2 aromatic rings. The Kier molecular flexibility index (Phi) is 4.32. The summed E-state index contributed by atoms with van der Waals surface area (Å²) >= 11 is 0. The largest absolute Gasteiger partial charge is 0.462 e. The Morgan fingerprint density at radius 2 is 2.10 bits per heavy atom. The number of nitrogens with two attached hydrogens (primary N) is 1.